The van der Waals surface area contributed by atoms with Crippen LogP contribution in [0, 0.1) is 0 Å². The predicted octanol–water partition coefficient (Wildman–Crippen LogP) is 3.00. The van der Waals surface area contributed by atoms with Crippen molar-refractivity contribution in [1.82, 2.24) is 4.68 Å². The van der Waals surface area contributed by atoms with Crippen molar-refractivity contribution in [3.8, 4) is 17.0 Å². The van der Waals surface area contributed by atoms with Gasteiger partial charge in [-0.2, -0.15) is 5.10 Å². The van der Waals surface area contributed by atoms with Crippen LogP contribution in [0.3, 0.4) is 0 Å². The van der Waals surface area contributed by atoms with Gasteiger partial charge in [0.1, 0.15) is 5.75 Å². The number of aromatic hydroxyl groups is 1. The Morgan fingerprint density at radius 1 is 1.26 bits per heavy atom. The van der Waals surface area contributed by atoms with Crippen LogP contribution in [0.1, 0.15) is 28.4 Å². The number of thiazole rings is 1. The molecular formula is C20H20N4O2S. The van der Waals surface area contributed by atoms with Crippen molar-refractivity contribution in [2.24, 2.45) is 15.8 Å². The maximum Gasteiger partial charge on any atom is 0.252 e. The maximum absolute atomic E-state index is 11.5. The standard InChI is InChI=1S/C20H20N4O2S/c1-3-13-4-6-14(7-5-13)11-23-24-17(12-27-20(24)22-2)15-8-9-18(25)16(10-15)19(21)26/h4-12,25H,3H2,1-2H3,(H2,21,26)/b22-20?,23-11-. The van der Waals surface area contributed by atoms with Gasteiger partial charge in [-0.3, -0.25) is 9.79 Å². The summed E-state index contributed by atoms with van der Waals surface area (Å²) < 4.78 is 1.70. The highest BCUT2D eigenvalue weighted by molar-refractivity contribution is 7.07. The van der Waals surface area contributed by atoms with E-state index < -0.39 is 5.91 Å². The minimum absolute atomic E-state index is 0.0689. The van der Waals surface area contributed by atoms with E-state index in [1.54, 1.807) is 30.1 Å². The minimum Gasteiger partial charge on any atom is -0.507 e. The van der Waals surface area contributed by atoms with Crippen LogP contribution in [-0.4, -0.2) is 29.0 Å². The highest BCUT2D eigenvalue weighted by atomic mass is 32.1. The summed E-state index contributed by atoms with van der Waals surface area (Å²) in [7, 11) is 1.70. The smallest absolute Gasteiger partial charge is 0.252 e. The lowest BCUT2D eigenvalue weighted by atomic mass is 10.1. The molecule has 0 saturated carbocycles. The van der Waals surface area contributed by atoms with Gasteiger partial charge in [-0.15, -0.1) is 11.3 Å². The average Bonchev–Trinajstić information content (AvgIpc) is 3.09. The number of nitrogens with two attached hydrogens (primary N) is 1. The highest BCUT2D eigenvalue weighted by Crippen LogP contribution is 2.26. The molecule has 0 aliphatic heterocycles. The SMILES string of the molecule is CCc1ccc(/C=N\n2c(-c3ccc(O)c(C(N)=O)c3)csc2=NC)cc1. The molecule has 6 nitrogen and oxygen atoms in total. The van der Waals surface area contributed by atoms with Crippen LogP contribution in [-0.2, 0) is 6.42 Å². The Bertz CT molecular complexity index is 1060. The van der Waals surface area contributed by atoms with Crippen molar-refractivity contribution < 1.29 is 9.90 Å². The number of amides is 1. The van der Waals surface area contributed by atoms with Gasteiger partial charge in [0.25, 0.3) is 5.91 Å². The van der Waals surface area contributed by atoms with E-state index in [1.807, 2.05) is 17.5 Å². The fraction of sp³-hybridized carbons (Fsp3) is 0.150. The maximum atomic E-state index is 11.5. The predicted molar refractivity (Wildman–Crippen MR) is 108 cm³/mol. The molecular weight excluding hydrogens is 360 g/mol. The number of carbonyl (C=O) groups excluding carboxylic acids is 1. The third-order valence-corrected chi connectivity index (χ3v) is 5.05. The van der Waals surface area contributed by atoms with Gasteiger partial charge in [-0.1, -0.05) is 31.2 Å². The summed E-state index contributed by atoms with van der Waals surface area (Å²) in [5.74, 6) is -0.830. The van der Waals surface area contributed by atoms with Crippen molar-refractivity contribution in [1.29, 1.82) is 0 Å². The first-order valence-corrected chi connectivity index (χ1v) is 9.31. The highest BCUT2D eigenvalue weighted by Gasteiger charge is 2.13. The molecule has 0 radical (unpaired) electrons. The third-order valence-electron chi connectivity index (χ3n) is 4.14. The Labute approximate surface area is 160 Å². The summed E-state index contributed by atoms with van der Waals surface area (Å²) in [5, 5.41) is 16.3. The molecule has 0 bridgehead atoms. The summed E-state index contributed by atoms with van der Waals surface area (Å²) in [6.45, 7) is 2.11. The lowest BCUT2D eigenvalue weighted by Crippen LogP contribution is -2.13. The van der Waals surface area contributed by atoms with E-state index >= 15 is 0 Å². The molecule has 1 amide bonds. The number of hydrogen-bond donors (Lipinski definition) is 2. The van der Waals surface area contributed by atoms with Crippen LogP contribution in [0.2, 0.25) is 0 Å². The van der Waals surface area contributed by atoms with Gasteiger partial charge in [-0.05, 0) is 35.7 Å². The Hall–Kier alpha value is -3.19. The molecule has 0 aliphatic carbocycles. The number of primary amides is 1. The summed E-state index contributed by atoms with van der Waals surface area (Å²) in [5.41, 5.74) is 9.12. The molecule has 138 valence electrons. The van der Waals surface area contributed by atoms with E-state index in [9.17, 15) is 9.90 Å². The van der Waals surface area contributed by atoms with E-state index in [1.165, 1.54) is 23.0 Å². The molecule has 7 heteroatoms. The minimum atomic E-state index is -0.684. The van der Waals surface area contributed by atoms with Gasteiger partial charge in [0.2, 0.25) is 4.80 Å². The van der Waals surface area contributed by atoms with Crippen LogP contribution in [0.15, 0.2) is 57.9 Å². The van der Waals surface area contributed by atoms with Gasteiger partial charge in [0, 0.05) is 18.0 Å². The number of benzene rings is 2. The van der Waals surface area contributed by atoms with E-state index in [0.717, 1.165) is 17.7 Å². The number of aryl methyl sites for hydroxylation is 1. The van der Waals surface area contributed by atoms with Gasteiger partial charge >= 0.3 is 0 Å². The molecule has 1 heterocycles. The van der Waals surface area contributed by atoms with Crippen LogP contribution in [0.4, 0.5) is 0 Å². The van der Waals surface area contributed by atoms with Gasteiger partial charge in [0.15, 0.2) is 0 Å². The molecule has 3 N–H and O–H groups in total. The van der Waals surface area contributed by atoms with Crippen molar-refractivity contribution in [2.75, 3.05) is 7.05 Å². The second-order valence-electron chi connectivity index (χ2n) is 5.87. The number of phenols is 1. The summed E-state index contributed by atoms with van der Waals surface area (Å²) >= 11 is 1.43. The van der Waals surface area contributed by atoms with Crippen LogP contribution in [0.25, 0.3) is 11.3 Å². The molecule has 27 heavy (non-hydrogen) atoms. The molecule has 0 unspecified atom stereocenters. The van der Waals surface area contributed by atoms with Gasteiger partial charge < -0.3 is 10.8 Å². The van der Waals surface area contributed by atoms with Gasteiger partial charge in [0.05, 0.1) is 17.5 Å². The number of carbonyl (C=O) groups is 1. The molecule has 0 aliphatic rings. The van der Waals surface area contributed by atoms with Crippen molar-refractivity contribution in [2.45, 2.75) is 13.3 Å². The normalized spacial score (nSPS) is 12.0. The van der Waals surface area contributed by atoms with Crippen LogP contribution in [0.5, 0.6) is 5.75 Å². The number of rotatable bonds is 5. The fourth-order valence-electron chi connectivity index (χ4n) is 2.62. The molecule has 0 fully saturated rings. The first-order chi connectivity index (χ1) is 13.0. The average molecular weight is 380 g/mol. The molecule has 2 aromatic carbocycles. The lowest BCUT2D eigenvalue weighted by molar-refractivity contribution is 0.0998. The number of hydrogen-bond acceptors (Lipinski definition) is 5. The van der Waals surface area contributed by atoms with E-state index in [0.29, 0.717) is 10.4 Å². The Kier molecular flexibility index (Phi) is 5.52. The molecule has 3 rings (SSSR count). The lowest BCUT2D eigenvalue weighted by Gasteiger charge is -2.06. The zero-order chi connectivity index (χ0) is 19.4. The molecule has 3 aromatic rings. The van der Waals surface area contributed by atoms with Crippen molar-refractivity contribution >= 4 is 23.5 Å². The third kappa shape index (κ3) is 3.98. The largest absolute Gasteiger partial charge is 0.507 e. The van der Waals surface area contributed by atoms with E-state index in [2.05, 4.69) is 29.2 Å². The zero-order valence-corrected chi connectivity index (χ0v) is 15.9. The zero-order valence-electron chi connectivity index (χ0n) is 15.1. The monoisotopic (exact) mass is 380 g/mol. The second-order valence-corrected chi connectivity index (χ2v) is 6.71. The van der Waals surface area contributed by atoms with Crippen molar-refractivity contribution in [3.05, 3.63) is 69.3 Å². The van der Waals surface area contributed by atoms with Crippen LogP contribution >= 0.6 is 11.3 Å². The van der Waals surface area contributed by atoms with Gasteiger partial charge in [-0.25, -0.2) is 4.68 Å². The first-order valence-electron chi connectivity index (χ1n) is 8.43. The Morgan fingerprint density at radius 3 is 2.63 bits per heavy atom. The second kappa shape index (κ2) is 8.01. The summed E-state index contributed by atoms with van der Waals surface area (Å²) in [6, 6.07) is 12.9. The molecule has 1 aromatic heterocycles. The number of nitrogens with zero attached hydrogens (tertiary/aromatic N) is 3. The summed E-state index contributed by atoms with van der Waals surface area (Å²) in [6.07, 6.45) is 2.75. The molecule has 0 atom stereocenters. The fourth-order valence-corrected chi connectivity index (χ4v) is 3.42. The van der Waals surface area contributed by atoms with Crippen LogP contribution < -0.4 is 10.5 Å². The Morgan fingerprint density at radius 2 is 2.00 bits per heavy atom. The van der Waals surface area contributed by atoms with E-state index in [-0.39, 0.29) is 11.3 Å². The first kappa shape index (κ1) is 18.6. The summed E-state index contributed by atoms with van der Waals surface area (Å²) in [4.78, 5) is 16.5. The molecule has 0 spiro atoms. The van der Waals surface area contributed by atoms with Crippen molar-refractivity contribution in [3.63, 3.8) is 0 Å². The topological polar surface area (TPSA) is 93.0 Å². The molecule has 0 saturated heterocycles. The Balaban J connectivity index is 2.04. The van der Waals surface area contributed by atoms with E-state index in [4.69, 9.17) is 5.73 Å². The number of aromatic nitrogens is 1. The quantitative estimate of drug-likeness (QED) is 0.666.